The van der Waals surface area contributed by atoms with Crippen molar-refractivity contribution < 1.29 is 24.8 Å². The summed E-state index contributed by atoms with van der Waals surface area (Å²) < 4.78 is 12.4. The normalized spacial score (nSPS) is 25.2. The molecule has 2 aromatic heterocycles. The van der Waals surface area contributed by atoms with Crippen LogP contribution in [-0.2, 0) is 4.74 Å². The molecule has 3 heterocycles. The van der Waals surface area contributed by atoms with Crippen LogP contribution in [0.3, 0.4) is 0 Å². The number of nitrogens with zero attached hydrogens (tertiary/aromatic N) is 3. The van der Waals surface area contributed by atoms with E-state index >= 15 is 0 Å². The van der Waals surface area contributed by atoms with Gasteiger partial charge in [-0.15, -0.1) is 0 Å². The van der Waals surface area contributed by atoms with E-state index in [2.05, 4.69) is 9.97 Å². The Kier molecular flexibility index (Phi) is 4.44. The second-order valence-corrected chi connectivity index (χ2v) is 6.36. The zero-order valence-corrected chi connectivity index (χ0v) is 14.6. The fourth-order valence-corrected chi connectivity index (χ4v) is 3.40. The van der Waals surface area contributed by atoms with E-state index in [1.54, 1.807) is 17.9 Å². The van der Waals surface area contributed by atoms with E-state index < -0.39 is 31.1 Å². The van der Waals surface area contributed by atoms with Gasteiger partial charge in [-0.05, 0) is 17.7 Å². The molecule has 5 N–H and O–H groups in total. The lowest BCUT2D eigenvalue weighted by Gasteiger charge is -2.17. The highest BCUT2D eigenvalue weighted by Gasteiger charge is 2.44. The summed E-state index contributed by atoms with van der Waals surface area (Å²) in [4.78, 5) is 8.36. The van der Waals surface area contributed by atoms with Crippen LogP contribution in [0.15, 0.2) is 36.8 Å². The van der Waals surface area contributed by atoms with E-state index in [4.69, 9.17) is 15.2 Å². The highest BCUT2D eigenvalue weighted by atomic mass is 16.6. The van der Waals surface area contributed by atoms with Gasteiger partial charge in [0.2, 0.25) is 0 Å². The van der Waals surface area contributed by atoms with Gasteiger partial charge in [-0.25, -0.2) is 9.97 Å². The molecule has 1 aromatic carbocycles. The van der Waals surface area contributed by atoms with Gasteiger partial charge >= 0.3 is 0 Å². The molecule has 0 radical (unpaired) electrons. The molecule has 142 valence electrons. The third-order valence-corrected chi connectivity index (χ3v) is 4.83. The van der Waals surface area contributed by atoms with Crippen LogP contribution in [0.2, 0.25) is 0 Å². The highest BCUT2D eigenvalue weighted by Crippen LogP contribution is 2.38. The number of methoxy groups -OCH3 is 1. The number of ether oxygens (including phenoxy) is 2. The number of rotatable bonds is 4. The monoisotopic (exact) mass is 372 g/mol. The summed E-state index contributed by atoms with van der Waals surface area (Å²) in [6.45, 7) is -0.406. The standard InChI is InChI=1S/C18H20N4O5/c1-26-10-4-2-9(3-5-10)11-6-22(17-13(11)16(19)20-8-21-17)18-15(25)14(24)12(7-23)27-18/h2-6,8,12,14-15,18,23-25H,7H2,1H3,(H2,19,20,21)/t12-,14?,15+,18-/m1/s1. The summed E-state index contributed by atoms with van der Waals surface area (Å²) >= 11 is 0. The number of anilines is 1. The largest absolute Gasteiger partial charge is 0.497 e. The molecule has 1 unspecified atom stereocenters. The Hall–Kier alpha value is -2.72. The summed E-state index contributed by atoms with van der Waals surface area (Å²) in [5.41, 5.74) is 8.16. The molecule has 1 fully saturated rings. The van der Waals surface area contributed by atoms with Gasteiger partial charge in [-0.1, -0.05) is 12.1 Å². The van der Waals surface area contributed by atoms with Crippen molar-refractivity contribution in [2.24, 2.45) is 0 Å². The first-order valence-electron chi connectivity index (χ1n) is 8.43. The Balaban J connectivity index is 1.87. The zero-order chi connectivity index (χ0) is 19.1. The summed E-state index contributed by atoms with van der Waals surface area (Å²) in [5.74, 6) is 1.01. The van der Waals surface area contributed by atoms with Gasteiger partial charge in [-0.2, -0.15) is 0 Å². The molecule has 4 atom stereocenters. The van der Waals surface area contributed by atoms with Crippen LogP contribution >= 0.6 is 0 Å². The number of aromatic nitrogens is 3. The fourth-order valence-electron chi connectivity index (χ4n) is 3.40. The zero-order valence-electron chi connectivity index (χ0n) is 14.6. The third kappa shape index (κ3) is 2.81. The molecule has 0 saturated carbocycles. The first-order chi connectivity index (χ1) is 13.0. The minimum Gasteiger partial charge on any atom is -0.497 e. The molecule has 27 heavy (non-hydrogen) atoms. The lowest BCUT2D eigenvalue weighted by atomic mass is 10.1. The minimum absolute atomic E-state index is 0.288. The fraction of sp³-hybridized carbons (Fsp3) is 0.333. The predicted molar refractivity (Wildman–Crippen MR) is 96.9 cm³/mol. The molecule has 0 amide bonds. The number of nitrogens with two attached hydrogens (primary N) is 1. The molecular weight excluding hydrogens is 352 g/mol. The predicted octanol–water partition coefficient (Wildman–Crippen LogP) is 0.301. The Labute approximate surface area is 154 Å². The second-order valence-electron chi connectivity index (χ2n) is 6.36. The molecule has 9 heteroatoms. The van der Waals surface area contributed by atoms with Gasteiger partial charge in [0.15, 0.2) is 6.23 Å². The number of aliphatic hydroxyl groups is 3. The Morgan fingerprint density at radius 2 is 1.93 bits per heavy atom. The maximum atomic E-state index is 10.4. The number of nitrogen functional groups attached to an aromatic ring is 1. The Morgan fingerprint density at radius 1 is 1.19 bits per heavy atom. The summed E-state index contributed by atoms with van der Waals surface area (Å²) in [6.07, 6.45) is -1.16. The molecule has 9 nitrogen and oxygen atoms in total. The van der Waals surface area contributed by atoms with Crippen LogP contribution < -0.4 is 10.5 Å². The lowest BCUT2D eigenvalue weighted by Crippen LogP contribution is -2.33. The van der Waals surface area contributed by atoms with Crippen molar-refractivity contribution in [3.05, 3.63) is 36.8 Å². The smallest absolute Gasteiger partial charge is 0.164 e. The van der Waals surface area contributed by atoms with E-state index in [0.29, 0.717) is 11.0 Å². The SMILES string of the molecule is COc1ccc(-c2cn([C@@H]3O[C@H](CO)C(O)[C@@H]3O)c3ncnc(N)c23)cc1. The summed E-state index contributed by atoms with van der Waals surface area (Å²) in [7, 11) is 1.59. The number of aliphatic hydroxyl groups excluding tert-OH is 3. The van der Waals surface area contributed by atoms with Gasteiger partial charge in [-0.3, -0.25) is 0 Å². The molecule has 1 aliphatic rings. The van der Waals surface area contributed by atoms with Crippen molar-refractivity contribution in [3.63, 3.8) is 0 Å². The lowest BCUT2D eigenvalue weighted by molar-refractivity contribution is -0.0508. The average molecular weight is 372 g/mol. The van der Waals surface area contributed by atoms with Crippen LogP contribution in [-0.4, -0.2) is 61.9 Å². The average Bonchev–Trinajstić information content (AvgIpc) is 3.21. The molecule has 1 saturated heterocycles. The number of hydrogen-bond acceptors (Lipinski definition) is 8. The van der Waals surface area contributed by atoms with E-state index in [1.165, 1.54) is 6.33 Å². The minimum atomic E-state index is -1.22. The summed E-state index contributed by atoms with van der Waals surface area (Å²) in [5, 5.41) is 30.4. The molecule has 0 spiro atoms. The Morgan fingerprint density at radius 3 is 2.56 bits per heavy atom. The van der Waals surface area contributed by atoms with Crippen molar-refractivity contribution in [1.82, 2.24) is 14.5 Å². The molecule has 0 bridgehead atoms. The molecule has 4 rings (SSSR count). The van der Waals surface area contributed by atoms with Crippen molar-refractivity contribution in [2.45, 2.75) is 24.5 Å². The molecular formula is C18H20N4O5. The van der Waals surface area contributed by atoms with Gasteiger partial charge in [0, 0.05) is 11.8 Å². The van der Waals surface area contributed by atoms with Crippen LogP contribution in [0, 0.1) is 0 Å². The van der Waals surface area contributed by atoms with E-state index in [1.807, 2.05) is 24.3 Å². The van der Waals surface area contributed by atoms with Crippen molar-refractivity contribution in [3.8, 4) is 16.9 Å². The van der Waals surface area contributed by atoms with Gasteiger partial charge < -0.3 is 35.1 Å². The Bertz CT molecular complexity index is 958. The second kappa shape index (κ2) is 6.78. The van der Waals surface area contributed by atoms with E-state index in [0.717, 1.165) is 16.9 Å². The first-order valence-corrected chi connectivity index (χ1v) is 8.43. The van der Waals surface area contributed by atoms with Gasteiger partial charge in [0.1, 0.15) is 41.9 Å². The number of benzene rings is 1. The third-order valence-electron chi connectivity index (χ3n) is 4.83. The van der Waals surface area contributed by atoms with Gasteiger partial charge in [0.05, 0.1) is 19.1 Å². The van der Waals surface area contributed by atoms with Crippen molar-refractivity contribution in [2.75, 3.05) is 19.5 Å². The number of fused-ring (bicyclic) bond motifs is 1. The summed E-state index contributed by atoms with van der Waals surface area (Å²) in [6, 6.07) is 7.40. The molecule has 1 aliphatic heterocycles. The molecule has 0 aliphatic carbocycles. The van der Waals surface area contributed by atoms with E-state index in [9.17, 15) is 15.3 Å². The van der Waals surface area contributed by atoms with Crippen LogP contribution in [0.5, 0.6) is 5.75 Å². The number of hydrogen-bond donors (Lipinski definition) is 4. The van der Waals surface area contributed by atoms with Gasteiger partial charge in [0.25, 0.3) is 0 Å². The maximum Gasteiger partial charge on any atom is 0.164 e. The highest BCUT2D eigenvalue weighted by molar-refractivity contribution is 6.00. The van der Waals surface area contributed by atoms with Crippen LogP contribution in [0.4, 0.5) is 5.82 Å². The quantitative estimate of drug-likeness (QED) is 0.513. The first kappa shape index (κ1) is 17.7. The topological polar surface area (TPSA) is 136 Å². The van der Waals surface area contributed by atoms with Crippen molar-refractivity contribution in [1.29, 1.82) is 0 Å². The molecule has 3 aromatic rings. The van der Waals surface area contributed by atoms with Crippen LogP contribution in [0.1, 0.15) is 6.23 Å². The van der Waals surface area contributed by atoms with Crippen molar-refractivity contribution >= 4 is 16.9 Å². The maximum absolute atomic E-state index is 10.4. The van der Waals surface area contributed by atoms with E-state index in [-0.39, 0.29) is 5.82 Å². The van der Waals surface area contributed by atoms with Crippen LogP contribution in [0.25, 0.3) is 22.2 Å².